The Morgan fingerprint density at radius 2 is 1.46 bits per heavy atom. The number of nitrogens with one attached hydrogen (secondary N) is 3. The Morgan fingerprint density at radius 3 is 1.96 bits per heavy atom. The number of halogens is 3. The van der Waals surface area contributed by atoms with Crippen molar-refractivity contribution in [1.29, 1.82) is 0 Å². The lowest BCUT2D eigenvalue weighted by Crippen LogP contribution is -2.34. The molecule has 3 amide bonds. The molecule has 0 aliphatic heterocycles. The summed E-state index contributed by atoms with van der Waals surface area (Å²) in [5.74, 6) is -0.0328. The van der Waals surface area contributed by atoms with Gasteiger partial charge in [-0.1, -0.05) is 12.1 Å². The van der Waals surface area contributed by atoms with Crippen molar-refractivity contribution in [3.8, 4) is 5.75 Å². The van der Waals surface area contributed by atoms with E-state index in [1.165, 1.54) is 0 Å². The quantitative estimate of drug-likeness (QED) is 0.664. The molecule has 2 aromatic rings. The van der Waals surface area contributed by atoms with Gasteiger partial charge in [-0.2, -0.15) is 13.2 Å². The van der Waals surface area contributed by atoms with E-state index in [1.54, 1.807) is 53.8 Å². The number of hydrogen-bond donors (Lipinski definition) is 3. The van der Waals surface area contributed by atoms with E-state index in [1.807, 2.05) is 6.92 Å². The minimum atomic E-state index is -4.44. The molecule has 0 aliphatic rings. The second kappa shape index (κ2) is 9.63. The number of ether oxygens (including phenoxy) is 1. The fourth-order valence-corrected chi connectivity index (χ4v) is 2.25. The first kappa shape index (κ1) is 21.1. The Hall–Kier alpha value is -3.23. The maximum atomic E-state index is 12.1. The van der Waals surface area contributed by atoms with Gasteiger partial charge >= 0.3 is 12.2 Å². The first-order valence-electron chi connectivity index (χ1n) is 8.48. The standard InChI is InChI=1S/C19H20F3N3O3/c1-2-28-16-9-7-15(8-10-16)25-18(27)24-14-5-3-13(4-6-14)11-17(26)23-12-19(20,21)22/h3-10H,2,11-12H2,1H3,(H,23,26)(H2,24,25,27). The third kappa shape index (κ3) is 7.56. The molecule has 0 radical (unpaired) electrons. The minimum absolute atomic E-state index is 0.186. The monoisotopic (exact) mass is 395 g/mol. The van der Waals surface area contributed by atoms with E-state index < -0.39 is 24.7 Å². The third-order valence-corrected chi connectivity index (χ3v) is 3.49. The number of anilines is 2. The van der Waals surface area contributed by atoms with Gasteiger partial charge in [-0.3, -0.25) is 4.79 Å². The van der Waals surface area contributed by atoms with Crippen LogP contribution >= 0.6 is 0 Å². The molecule has 3 N–H and O–H groups in total. The summed E-state index contributed by atoms with van der Waals surface area (Å²) in [5, 5.41) is 7.09. The van der Waals surface area contributed by atoms with Crippen LogP contribution in [0.1, 0.15) is 12.5 Å². The number of carbonyl (C=O) groups is 2. The summed E-state index contributed by atoms with van der Waals surface area (Å²) in [6.45, 7) is 1.06. The molecule has 0 bridgehead atoms. The normalized spacial score (nSPS) is 10.9. The smallest absolute Gasteiger partial charge is 0.405 e. The number of rotatable bonds is 7. The average molecular weight is 395 g/mol. The van der Waals surface area contributed by atoms with Crippen molar-refractivity contribution in [1.82, 2.24) is 5.32 Å². The van der Waals surface area contributed by atoms with Gasteiger partial charge in [0.15, 0.2) is 0 Å². The zero-order valence-corrected chi connectivity index (χ0v) is 15.1. The molecular weight excluding hydrogens is 375 g/mol. The van der Waals surface area contributed by atoms with Crippen LogP contribution in [0.15, 0.2) is 48.5 Å². The number of benzene rings is 2. The van der Waals surface area contributed by atoms with Crippen LogP contribution < -0.4 is 20.7 Å². The molecule has 2 rings (SSSR count). The van der Waals surface area contributed by atoms with Gasteiger partial charge in [0, 0.05) is 11.4 Å². The first-order chi connectivity index (χ1) is 13.2. The van der Waals surface area contributed by atoms with Gasteiger partial charge in [-0.05, 0) is 48.9 Å². The fraction of sp³-hybridized carbons (Fsp3) is 0.263. The highest BCUT2D eigenvalue weighted by Crippen LogP contribution is 2.17. The van der Waals surface area contributed by atoms with Gasteiger partial charge in [0.2, 0.25) is 5.91 Å². The summed E-state index contributed by atoms with van der Waals surface area (Å²) in [5.41, 5.74) is 1.58. The second-order valence-electron chi connectivity index (χ2n) is 5.80. The Balaban J connectivity index is 1.82. The Morgan fingerprint density at radius 1 is 0.929 bits per heavy atom. The van der Waals surface area contributed by atoms with E-state index in [-0.39, 0.29) is 6.42 Å². The van der Waals surface area contributed by atoms with Gasteiger partial charge in [-0.15, -0.1) is 0 Å². The maximum absolute atomic E-state index is 12.1. The molecule has 28 heavy (non-hydrogen) atoms. The van der Waals surface area contributed by atoms with Crippen LogP contribution in [-0.4, -0.2) is 31.3 Å². The molecule has 0 aliphatic carbocycles. The summed E-state index contributed by atoms with van der Waals surface area (Å²) in [4.78, 5) is 23.5. The molecular formula is C19H20F3N3O3. The van der Waals surface area contributed by atoms with E-state index in [0.29, 0.717) is 29.3 Å². The van der Waals surface area contributed by atoms with E-state index in [4.69, 9.17) is 4.74 Å². The predicted octanol–water partition coefficient (Wildman–Crippen LogP) is 3.95. The lowest BCUT2D eigenvalue weighted by molar-refractivity contribution is -0.138. The zero-order valence-electron chi connectivity index (χ0n) is 15.1. The Kier molecular flexibility index (Phi) is 7.25. The molecule has 0 unspecified atom stereocenters. The summed E-state index contributed by atoms with van der Waals surface area (Å²) < 4.78 is 41.5. The molecule has 0 atom stereocenters. The van der Waals surface area contributed by atoms with Gasteiger partial charge in [0.05, 0.1) is 13.0 Å². The van der Waals surface area contributed by atoms with Crippen molar-refractivity contribution in [2.45, 2.75) is 19.5 Å². The lowest BCUT2D eigenvalue weighted by Gasteiger charge is -2.10. The van der Waals surface area contributed by atoms with Gasteiger partial charge < -0.3 is 20.7 Å². The third-order valence-electron chi connectivity index (χ3n) is 3.49. The topological polar surface area (TPSA) is 79.5 Å². The first-order valence-corrected chi connectivity index (χ1v) is 8.48. The SMILES string of the molecule is CCOc1ccc(NC(=O)Nc2ccc(CC(=O)NCC(F)(F)F)cc2)cc1. The van der Waals surface area contributed by atoms with Crippen LogP contribution in [0, 0.1) is 0 Å². The molecule has 0 aromatic heterocycles. The van der Waals surface area contributed by atoms with Crippen molar-refractivity contribution in [3.63, 3.8) is 0 Å². The van der Waals surface area contributed by atoms with Crippen molar-refractivity contribution in [2.75, 3.05) is 23.8 Å². The largest absolute Gasteiger partial charge is 0.494 e. The van der Waals surface area contributed by atoms with Gasteiger partial charge in [-0.25, -0.2) is 4.79 Å². The van der Waals surface area contributed by atoms with Crippen molar-refractivity contribution >= 4 is 23.3 Å². The lowest BCUT2D eigenvalue weighted by atomic mass is 10.1. The molecule has 0 heterocycles. The van der Waals surface area contributed by atoms with Crippen LogP contribution in [0.4, 0.5) is 29.3 Å². The van der Waals surface area contributed by atoms with Crippen LogP contribution in [0.3, 0.4) is 0 Å². The van der Waals surface area contributed by atoms with Gasteiger partial charge in [0.1, 0.15) is 12.3 Å². The zero-order chi connectivity index (χ0) is 20.6. The molecule has 150 valence electrons. The molecule has 2 aromatic carbocycles. The summed E-state index contributed by atoms with van der Waals surface area (Å²) >= 11 is 0. The highest BCUT2D eigenvalue weighted by atomic mass is 19.4. The number of amides is 3. The van der Waals surface area contributed by atoms with E-state index >= 15 is 0 Å². The molecule has 0 spiro atoms. The minimum Gasteiger partial charge on any atom is -0.494 e. The summed E-state index contributed by atoms with van der Waals surface area (Å²) in [6, 6.07) is 12.6. The summed E-state index contributed by atoms with van der Waals surface area (Å²) in [6.07, 6.45) is -4.63. The van der Waals surface area contributed by atoms with Crippen molar-refractivity contribution < 1.29 is 27.5 Å². The molecule has 0 fully saturated rings. The summed E-state index contributed by atoms with van der Waals surface area (Å²) in [7, 11) is 0. The van der Waals surface area contributed by atoms with E-state index in [2.05, 4.69) is 10.6 Å². The predicted molar refractivity (Wildman–Crippen MR) is 99.5 cm³/mol. The van der Waals surface area contributed by atoms with Crippen molar-refractivity contribution in [3.05, 3.63) is 54.1 Å². The average Bonchev–Trinajstić information content (AvgIpc) is 2.63. The van der Waals surface area contributed by atoms with Crippen LogP contribution in [0.25, 0.3) is 0 Å². The highest BCUT2D eigenvalue weighted by Gasteiger charge is 2.27. The van der Waals surface area contributed by atoms with Crippen molar-refractivity contribution in [2.24, 2.45) is 0 Å². The van der Waals surface area contributed by atoms with E-state index in [9.17, 15) is 22.8 Å². The van der Waals surface area contributed by atoms with Crippen LogP contribution in [0.2, 0.25) is 0 Å². The van der Waals surface area contributed by atoms with E-state index in [0.717, 1.165) is 0 Å². The molecule has 0 saturated heterocycles. The van der Waals surface area contributed by atoms with Crippen LogP contribution in [-0.2, 0) is 11.2 Å². The molecule has 9 heteroatoms. The number of hydrogen-bond acceptors (Lipinski definition) is 3. The highest BCUT2D eigenvalue weighted by molar-refractivity contribution is 5.99. The number of urea groups is 1. The van der Waals surface area contributed by atoms with Gasteiger partial charge in [0.25, 0.3) is 0 Å². The molecule has 6 nitrogen and oxygen atoms in total. The Labute approximate surface area is 160 Å². The maximum Gasteiger partial charge on any atom is 0.405 e. The number of carbonyl (C=O) groups excluding carboxylic acids is 2. The number of alkyl halides is 3. The fourth-order valence-electron chi connectivity index (χ4n) is 2.25. The molecule has 0 saturated carbocycles. The Bertz CT molecular complexity index is 791. The second-order valence-corrected chi connectivity index (χ2v) is 5.80. The van der Waals surface area contributed by atoms with Crippen LogP contribution in [0.5, 0.6) is 5.75 Å².